The minimum Gasteiger partial charge on any atom is -0.454 e. The molecule has 0 aliphatic rings. The van der Waals surface area contributed by atoms with Crippen molar-refractivity contribution in [2.75, 3.05) is 0 Å². The SMILES string of the molecule is CC(C)(C)c1[c-]c(C(C)(C)C)c(C(C)(C)C)[nH]1.CC(C)O.CC(C)O.CC(C)O.[Ti]. The molecule has 1 heterocycles. The zero-order chi connectivity index (χ0) is 24.4. The largest absolute Gasteiger partial charge is 0.454 e. The first-order valence-corrected chi connectivity index (χ1v) is 10.7. The van der Waals surface area contributed by atoms with Crippen LogP contribution < -0.4 is 0 Å². The van der Waals surface area contributed by atoms with E-state index in [4.69, 9.17) is 15.3 Å². The molecule has 0 unspecified atom stereocenters. The number of aliphatic hydroxyl groups is 3. The van der Waals surface area contributed by atoms with Gasteiger partial charge in [-0.05, 0) is 52.4 Å². The maximum Gasteiger partial charge on any atom is 0.0483 e. The summed E-state index contributed by atoms with van der Waals surface area (Å²) < 4.78 is 0. The number of aliphatic hydroxyl groups excluding tert-OH is 3. The van der Waals surface area contributed by atoms with Crippen LogP contribution in [0, 0.1) is 6.07 Å². The summed E-state index contributed by atoms with van der Waals surface area (Å²) >= 11 is 0. The van der Waals surface area contributed by atoms with Crippen LogP contribution in [0.5, 0.6) is 0 Å². The molecule has 0 saturated carbocycles. The zero-order valence-corrected chi connectivity index (χ0v) is 24.1. The van der Waals surface area contributed by atoms with E-state index in [0.717, 1.165) is 0 Å². The maximum absolute atomic E-state index is 8.06. The molecular formula is C25H52NO3Ti-. The third-order valence-electron chi connectivity index (χ3n) is 3.00. The van der Waals surface area contributed by atoms with Crippen LogP contribution in [0.25, 0.3) is 0 Å². The summed E-state index contributed by atoms with van der Waals surface area (Å²) in [6.07, 6.45) is -0.500. The number of nitrogens with one attached hydrogen (secondary N) is 1. The van der Waals surface area contributed by atoms with Crippen molar-refractivity contribution in [3.05, 3.63) is 23.0 Å². The fourth-order valence-corrected chi connectivity index (χ4v) is 1.91. The number of hydrogen-bond donors (Lipinski definition) is 4. The average Bonchev–Trinajstić information content (AvgIpc) is 2.80. The number of hydrogen-bond acceptors (Lipinski definition) is 3. The Morgan fingerprint density at radius 3 is 1.00 bits per heavy atom. The Morgan fingerprint density at radius 1 is 0.600 bits per heavy atom. The zero-order valence-electron chi connectivity index (χ0n) is 22.6. The van der Waals surface area contributed by atoms with Gasteiger partial charge in [0.25, 0.3) is 0 Å². The Morgan fingerprint density at radius 2 is 0.867 bits per heavy atom. The Labute approximate surface area is 203 Å². The van der Waals surface area contributed by atoms with Crippen LogP contribution in [-0.4, -0.2) is 38.6 Å². The van der Waals surface area contributed by atoms with Crippen LogP contribution in [-0.2, 0) is 38.0 Å². The molecule has 180 valence electrons. The Kier molecular flexibility index (Phi) is 19.4. The molecule has 1 rings (SSSR count). The van der Waals surface area contributed by atoms with Gasteiger partial charge in [-0.3, -0.25) is 0 Å². The molecule has 0 amide bonds. The molecule has 0 fully saturated rings. The molecule has 30 heavy (non-hydrogen) atoms. The monoisotopic (exact) mass is 462 g/mol. The predicted molar refractivity (Wildman–Crippen MR) is 128 cm³/mol. The molecule has 5 heteroatoms. The summed E-state index contributed by atoms with van der Waals surface area (Å²) in [5, 5.41) is 24.2. The molecule has 0 aromatic carbocycles. The van der Waals surface area contributed by atoms with Crippen LogP contribution >= 0.6 is 0 Å². The summed E-state index contributed by atoms with van der Waals surface area (Å²) in [5.41, 5.74) is 4.28. The fourth-order valence-electron chi connectivity index (χ4n) is 1.91. The first-order chi connectivity index (χ1) is 12.5. The molecule has 1 aromatic heterocycles. The van der Waals surface area contributed by atoms with E-state index in [1.165, 1.54) is 17.0 Å². The quantitative estimate of drug-likeness (QED) is 0.288. The molecule has 0 bridgehead atoms. The van der Waals surface area contributed by atoms with Gasteiger partial charge in [-0.2, -0.15) is 5.56 Å². The summed E-state index contributed by atoms with van der Waals surface area (Å²) in [6.45, 7) is 30.6. The van der Waals surface area contributed by atoms with Gasteiger partial charge in [0, 0.05) is 40.0 Å². The third-order valence-corrected chi connectivity index (χ3v) is 3.00. The van der Waals surface area contributed by atoms with Crippen molar-refractivity contribution < 1.29 is 37.0 Å². The summed E-state index contributed by atoms with van der Waals surface area (Å²) in [6, 6.07) is 3.61. The second kappa shape index (κ2) is 15.6. The molecule has 0 atom stereocenters. The number of aromatic amines is 1. The van der Waals surface area contributed by atoms with Gasteiger partial charge in [-0.1, -0.05) is 73.4 Å². The Hall–Kier alpha value is -0.126. The predicted octanol–water partition coefficient (Wildman–Crippen LogP) is 5.87. The molecule has 1 aromatic rings. The number of H-pyrrole nitrogens is 1. The third kappa shape index (κ3) is 22.6. The molecule has 0 saturated heterocycles. The van der Waals surface area contributed by atoms with E-state index in [9.17, 15) is 0 Å². The van der Waals surface area contributed by atoms with Gasteiger partial charge in [0.2, 0.25) is 0 Å². The fraction of sp³-hybridized carbons (Fsp3) is 0.840. The molecular weight excluding hydrogens is 410 g/mol. The van der Waals surface area contributed by atoms with Gasteiger partial charge < -0.3 is 20.3 Å². The smallest absolute Gasteiger partial charge is 0.0483 e. The Balaban J connectivity index is -0.000000215. The molecule has 4 nitrogen and oxygen atoms in total. The standard InChI is InChI=1S/C16H28N.3C3H8O.Ti/c1-14(2,3)11-10-12(15(4,5)6)17-13(11)16(7,8)9;3*1-3(2)4;/h17H,1-9H3;3*3-4H,1-2H3;/q-1;;;;. The van der Waals surface area contributed by atoms with E-state index in [0.29, 0.717) is 0 Å². The minimum absolute atomic E-state index is 0. The Bertz CT molecular complexity index is 474. The average molecular weight is 463 g/mol. The number of rotatable bonds is 0. The van der Waals surface area contributed by atoms with Crippen molar-refractivity contribution in [1.82, 2.24) is 4.98 Å². The second-order valence-electron chi connectivity index (χ2n) is 11.4. The molecule has 0 spiro atoms. The molecule has 0 aliphatic carbocycles. The number of aromatic nitrogens is 1. The normalized spacial score (nSPS) is 11.6. The van der Waals surface area contributed by atoms with Crippen molar-refractivity contribution in [3.8, 4) is 0 Å². The van der Waals surface area contributed by atoms with Crippen molar-refractivity contribution in [2.24, 2.45) is 0 Å². The van der Waals surface area contributed by atoms with Gasteiger partial charge in [-0.25, -0.2) is 6.07 Å². The minimum atomic E-state index is -0.167. The van der Waals surface area contributed by atoms with E-state index in [1.54, 1.807) is 41.5 Å². The van der Waals surface area contributed by atoms with E-state index in [-0.39, 0.29) is 56.3 Å². The van der Waals surface area contributed by atoms with E-state index in [2.05, 4.69) is 73.4 Å². The van der Waals surface area contributed by atoms with Gasteiger partial charge in [0.15, 0.2) is 0 Å². The van der Waals surface area contributed by atoms with Crippen LogP contribution in [0.3, 0.4) is 0 Å². The van der Waals surface area contributed by atoms with E-state index >= 15 is 0 Å². The van der Waals surface area contributed by atoms with Gasteiger partial charge in [-0.15, -0.1) is 5.69 Å². The molecule has 0 aliphatic heterocycles. The molecule has 0 radical (unpaired) electrons. The van der Waals surface area contributed by atoms with Crippen molar-refractivity contribution in [1.29, 1.82) is 0 Å². The van der Waals surface area contributed by atoms with Crippen LogP contribution in [0.1, 0.15) is 121 Å². The van der Waals surface area contributed by atoms with E-state index in [1.807, 2.05) is 0 Å². The topological polar surface area (TPSA) is 76.5 Å². The molecule has 4 N–H and O–H groups in total. The van der Waals surface area contributed by atoms with Crippen LogP contribution in [0.15, 0.2) is 0 Å². The summed E-state index contributed by atoms with van der Waals surface area (Å²) in [4.78, 5) is 3.61. The van der Waals surface area contributed by atoms with Crippen molar-refractivity contribution >= 4 is 0 Å². The first kappa shape index (κ1) is 37.2. The summed E-state index contributed by atoms with van der Waals surface area (Å²) in [5.74, 6) is 0. The maximum atomic E-state index is 8.06. The van der Waals surface area contributed by atoms with Crippen LogP contribution in [0.2, 0.25) is 0 Å². The summed E-state index contributed by atoms with van der Waals surface area (Å²) in [7, 11) is 0. The van der Waals surface area contributed by atoms with Crippen LogP contribution in [0.4, 0.5) is 0 Å². The second-order valence-corrected chi connectivity index (χ2v) is 11.4. The van der Waals surface area contributed by atoms with Gasteiger partial charge >= 0.3 is 0 Å². The first-order valence-electron chi connectivity index (χ1n) is 10.7. The van der Waals surface area contributed by atoms with Gasteiger partial charge in [0.05, 0.1) is 0 Å². The van der Waals surface area contributed by atoms with Gasteiger partial charge in [0.1, 0.15) is 0 Å². The van der Waals surface area contributed by atoms with E-state index < -0.39 is 0 Å². The van der Waals surface area contributed by atoms with Crippen molar-refractivity contribution in [3.63, 3.8) is 0 Å². The van der Waals surface area contributed by atoms with Crippen molar-refractivity contribution in [2.45, 2.75) is 138 Å².